The zero-order valence-electron chi connectivity index (χ0n) is 10.1. The minimum atomic E-state index is 0.194. The smallest absolute Gasteiger partial charge is 0.226 e. The fraction of sp³-hybridized carbons (Fsp3) is 0.0833. The van der Waals surface area contributed by atoms with Crippen LogP contribution in [0, 0.1) is 0 Å². The molecule has 2 N–H and O–H groups in total. The fourth-order valence-corrected chi connectivity index (χ4v) is 4.25. The molecule has 0 saturated heterocycles. The third-order valence-corrected chi connectivity index (χ3v) is 5.14. The Morgan fingerprint density at radius 3 is 3.15 bits per heavy atom. The van der Waals surface area contributed by atoms with Gasteiger partial charge in [0, 0.05) is 14.3 Å². The van der Waals surface area contributed by atoms with Crippen LogP contribution in [0.4, 0.5) is 5.82 Å². The molecule has 0 saturated carbocycles. The second-order valence-corrected chi connectivity index (χ2v) is 6.61. The van der Waals surface area contributed by atoms with Crippen molar-refractivity contribution in [3.05, 3.63) is 34.0 Å². The standard InChI is InChI=1S/C12H8ClN5S2/c13-12-17-10(9-11(18-12)16-5-15-9)14-4-6-3-8-7(20-6)1-2-19-8/h1-3,5H,4H2,(H2,14,15,16,17,18). The molecule has 0 atom stereocenters. The van der Waals surface area contributed by atoms with E-state index in [2.05, 4.69) is 42.8 Å². The van der Waals surface area contributed by atoms with Crippen molar-refractivity contribution in [2.75, 3.05) is 5.32 Å². The Labute approximate surface area is 126 Å². The molecule has 0 aliphatic carbocycles. The summed E-state index contributed by atoms with van der Waals surface area (Å²) in [6.45, 7) is 0.702. The van der Waals surface area contributed by atoms with E-state index in [-0.39, 0.29) is 5.28 Å². The van der Waals surface area contributed by atoms with Crippen LogP contribution < -0.4 is 5.32 Å². The lowest BCUT2D eigenvalue weighted by atomic mass is 10.4. The summed E-state index contributed by atoms with van der Waals surface area (Å²) in [4.78, 5) is 16.6. The first-order valence-electron chi connectivity index (χ1n) is 5.86. The zero-order valence-corrected chi connectivity index (χ0v) is 12.4. The Morgan fingerprint density at radius 2 is 2.25 bits per heavy atom. The van der Waals surface area contributed by atoms with Gasteiger partial charge in [-0.2, -0.15) is 9.97 Å². The van der Waals surface area contributed by atoms with Crippen molar-refractivity contribution in [2.45, 2.75) is 6.54 Å². The van der Waals surface area contributed by atoms with Gasteiger partial charge >= 0.3 is 0 Å². The predicted octanol–water partition coefficient (Wildman–Crippen LogP) is 3.89. The van der Waals surface area contributed by atoms with Crippen LogP contribution in [0.25, 0.3) is 20.6 Å². The van der Waals surface area contributed by atoms with E-state index in [9.17, 15) is 0 Å². The van der Waals surface area contributed by atoms with Crippen LogP contribution >= 0.6 is 34.3 Å². The SMILES string of the molecule is Clc1nc(NCc2cc3sccc3s2)c2[nH]cnc2n1. The summed E-state index contributed by atoms with van der Waals surface area (Å²) in [6, 6.07) is 4.34. The molecule has 0 spiro atoms. The molecular formula is C12H8ClN5S2. The first-order valence-corrected chi connectivity index (χ1v) is 7.93. The molecule has 0 aliphatic heterocycles. The second kappa shape index (κ2) is 4.69. The molecule has 4 aromatic rings. The largest absolute Gasteiger partial charge is 0.363 e. The van der Waals surface area contributed by atoms with Gasteiger partial charge in [0.25, 0.3) is 0 Å². The van der Waals surface area contributed by atoms with Crippen LogP contribution in [0.5, 0.6) is 0 Å². The highest BCUT2D eigenvalue weighted by molar-refractivity contribution is 7.26. The predicted molar refractivity (Wildman–Crippen MR) is 83.7 cm³/mol. The number of anilines is 1. The summed E-state index contributed by atoms with van der Waals surface area (Å²) in [7, 11) is 0. The molecule has 4 aromatic heterocycles. The van der Waals surface area contributed by atoms with Crippen LogP contribution in [-0.4, -0.2) is 19.9 Å². The first kappa shape index (κ1) is 12.1. The molecule has 0 unspecified atom stereocenters. The van der Waals surface area contributed by atoms with Gasteiger partial charge in [-0.25, -0.2) is 4.98 Å². The summed E-state index contributed by atoms with van der Waals surface area (Å²) in [5.41, 5.74) is 1.34. The lowest BCUT2D eigenvalue weighted by Crippen LogP contribution is -2.01. The summed E-state index contributed by atoms with van der Waals surface area (Å²) in [5, 5.41) is 5.59. The number of aromatic amines is 1. The van der Waals surface area contributed by atoms with E-state index in [0.717, 1.165) is 5.52 Å². The second-order valence-electron chi connectivity index (χ2n) is 4.16. The average Bonchev–Trinajstić information content (AvgIpc) is 3.09. The van der Waals surface area contributed by atoms with Crippen LogP contribution in [0.1, 0.15) is 4.88 Å². The molecule has 0 bridgehead atoms. The average molecular weight is 322 g/mol. The van der Waals surface area contributed by atoms with Crippen molar-refractivity contribution in [1.82, 2.24) is 19.9 Å². The molecular weight excluding hydrogens is 314 g/mol. The van der Waals surface area contributed by atoms with Gasteiger partial charge in [0.15, 0.2) is 11.5 Å². The molecule has 0 aromatic carbocycles. The fourth-order valence-electron chi connectivity index (χ4n) is 2.01. The van der Waals surface area contributed by atoms with E-state index in [1.54, 1.807) is 29.0 Å². The Morgan fingerprint density at radius 1 is 1.30 bits per heavy atom. The number of imidazole rings is 1. The lowest BCUT2D eigenvalue weighted by Gasteiger charge is -2.04. The number of aromatic nitrogens is 4. The van der Waals surface area contributed by atoms with Crippen LogP contribution in [-0.2, 0) is 6.54 Å². The molecule has 0 aliphatic rings. The Bertz CT molecular complexity index is 865. The highest BCUT2D eigenvalue weighted by atomic mass is 35.5. The Kier molecular flexibility index (Phi) is 2.83. The van der Waals surface area contributed by atoms with E-state index in [1.165, 1.54) is 14.3 Å². The third-order valence-electron chi connectivity index (χ3n) is 2.88. The quantitative estimate of drug-likeness (QED) is 0.562. The van der Waals surface area contributed by atoms with Gasteiger partial charge in [-0.05, 0) is 29.1 Å². The Balaban J connectivity index is 1.64. The van der Waals surface area contributed by atoms with Crippen LogP contribution in [0.2, 0.25) is 5.28 Å². The van der Waals surface area contributed by atoms with E-state index < -0.39 is 0 Å². The number of rotatable bonds is 3. The van der Waals surface area contributed by atoms with Gasteiger partial charge in [-0.15, -0.1) is 22.7 Å². The van der Waals surface area contributed by atoms with E-state index in [4.69, 9.17) is 11.6 Å². The monoisotopic (exact) mass is 321 g/mol. The summed E-state index contributed by atoms with van der Waals surface area (Å²) < 4.78 is 2.64. The third kappa shape index (κ3) is 2.04. The number of nitrogens with zero attached hydrogens (tertiary/aromatic N) is 3. The normalized spacial score (nSPS) is 11.4. The zero-order chi connectivity index (χ0) is 13.5. The Hall–Kier alpha value is -1.70. The number of hydrogen-bond donors (Lipinski definition) is 2. The highest BCUT2D eigenvalue weighted by Crippen LogP contribution is 2.30. The van der Waals surface area contributed by atoms with E-state index in [1.807, 2.05) is 0 Å². The van der Waals surface area contributed by atoms with Gasteiger partial charge in [0.1, 0.15) is 5.52 Å². The van der Waals surface area contributed by atoms with Crippen LogP contribution in [0.3, 0.4) is 0 Å². The van der Waals surface area contributed by atoms with Gasteiger partial charge < -0.3 is 10.3 Å². The molecule has 4 rings (SSSR count). The molecule has 100 valence electrons. The van der Waals surface area contributed by atoms with Crippen molar-refractivity contribution in [3.63, 3.8) is 0 Å². The van der Waals surface area contributed by atoms with Crippen molar-refractivity contribution in [3.8, 4) is 0 Å². The number of hydrogen-bond acceptors (Lipinski definition) is 6. The van der Waals surface area contributed by atoms with E-state index in [0.29, 0.717) is 18.0 Å². The number of nitrogens with one attached hydrogen (secondary N) is 2. The molecule has 20 heavy (non-hydrogen) atoms. The van der Waals surface area contributed by atoms with Crippen molar-refractivity contribution in [2.24, 2.45) is 0 Å². The van der Waals surface area contributed by atoms with Crippen LogP contribution in [0.15, 0.2) is 23.8 Å². The summed E-state index contributed by atoms with van der Waals surface area (Å²) >= 11 is 9.43. The van der Waals surface area contributed by atoms with Crippen molar-refractivity contribution < 1.29 is 0 Å². The topological polar surface area (TPSA) is 66.5 Å². The van der Waals surface area contributed by atoms with E-state index >= 15 is 0 Å². The first-order chi connectivity index (χ1) is 9.79. The number of fused-ring (bicyclic) bond motifs is 2. The van der Waals surface area contributed by atoms with Gasteiger partial charge in [0.2, 0.25) is 5.28 Å². The molecule has 0 amide bonds. The minimum Gasteiger partial charge on any atom is -0.363 e. The van der Waals surface area contributed by atoms with Gasteiger partial charge in [-0.3, -0.25) is 0 Å². The number of halogens is 1. The highest BCUT2D eigenvalue weighted by Gasteiger charge is 2.09. The molecule has 8 heteroatoms. The summed E-state index contributed by atoms with van der Waals surface area (Å²) in [6.07, 6.45) is 1.59. The molecule has 4 heterocycles. The number of thiophene rings is 2. The maximum absolute atomic E-state index is 5.90. The van der Waals surface area contributed by atoms with Crippen molar-refractivity contribution >= 4 is 60.7 Å². The van der Waals surface area contributed by atoms with Gasteiger partial charge in [-0.1, -0.05) is 0 Å². The van der Waals surface area contributed by atoms with Crippen molar-refractivity contribution in [1.29, 1.82) is 0 Å². The molecule has 0 radical (unpaired) electrons. The molecule has 5 nitrogen and oxygen atoms in total. The maximum Gasteiger partial charge on any atom is 0.226 e. The molecule has 0 fully saturated rings. The maximum atomic E-state index is 5.90. The van der Waals surface area contributed by atoms with Gasteiger partial charge in [0.05, 0.1) is 12.9 Å². The summed E-state index contributed by atoms with van der Waals surface area (Å²) in [5.74, 6) is 0.675. The lowest BCUT2D eigenvalue weighted by molar-refractivity contribution is 1.12. The minimum absolute atomic E-state index is 0.194. The number of H-pyrrole nitrogens is 1.